The normalized spacial score (nSPS) is 11.4. The second-order valence-corrected chi connectivity index (χ2v) is 5.51. The Morgan fingerprint density at radius 1 is 1.36 bits per heavy atom. The molecule has 0 spiro atoms. The number of benzene rings is 1. The smallest absolute Gasteiger partial charge is 0.329 e. The lowest BCUT2D eigenvalue weighted by atomic mass is 10.2. The number of anilines is 1. The first-order valence-corrected chi connectivity index (χ1v) is 7.79. The molecule has 0 radical (unpaired) electrons. The topological polar surface area (TPSA) is 117 Å². The minimum absolute atomic E-state index is 0.106. The van der Waals surface area contributed by atoms with Crippen molar-refractivity contribution >= 4 is 23.3 Å². The fraction of sp³-hybridized carbons (Fsp3) is 0.250. The van der Waals surface area contributed by atoms with Gasteiger partial charge in [-0.1, -0.05) is 19.1 Å². The lowest BCUT2D eigenvalue weighted by Crippen LogP contribution is -2.29. The molecule has 0 bridgehead atoms. The third kappa shape index (κ3) is 3.03. The van der Waals surface area contributed by atoms with E-state index in [9.17, 15) is 14.7 Å². The van der Waals surface area contributed by atoms with Crippen molar-refractivity contribution in [3.63, 3.8) is 0 Å². The van der Waals surface area contributed by atoms with E-state index in [0.717, 1.165) is 6.42 Å². The summed E-state index contributed by atoms with van der Waals surface area (Å²) in [7, 11) is 1.54. The highest BCUT2D eigenvalue weighted by Gasteiger charge is 2.16. The SMILES string of the molecule is CCCn1c(N/N=C/c2ccccc2O)nc2c1c(=O)[nH]c(=O)n2C. The zero-order chi connectivity index (χ0) is 18.0. The Balaban J connectivity index is 2.04. The van der Waals surface area contributed by atoms with Gasteiger partial charge in [0.2, 0.25) is 5.95 Å². The molecule has 0 saturated carbocycles. The Morgan fingerprint density at radius 3 is 2.84 bits per heavy atom. The van der Waals surface area contributed by atoms with E-state index in [0.29, 0.717) is 23.6 Å². The Hall–Kier alpha value is -3.36. The monoisotopic (exact) mass is 342 g/mol. The van der Waals surface area contributed by atoms with Crippen LogP contribution in [0.5, 0.6) is 5.75 Å². The quantitative estimate of drug-likeness (QED) is 0.472. The Morgan fingerprint density at radius 2 is 2.12 bits per heavy atom. The van der Waals surface area contributed by atoms with Gasteiger partial charge in [-0.2, -0.15) is 10.1 Å². The van der Waals surface area contributed by atoms with Crippen LogP contribution in [0.4, 0.5) is 5.95 Å². The molecule has 3 aromatic rings. The number of rotatable bonds is 5. The molecule has 3 N–H and O–H groups in total. The van der Waals surface area contributed by atoms with Crippen molar-refractivity contribution in [2.45, 2.75) is 19.9 Å². The molecule has 2 aromatic heterocycles. The van der Waals surface area contributed by atoms with Gasteiger partial charge in [-0.05, 0) is 18.6 Å². The van der Waals surface area contributed by atoms with E-state index in [1.807, 2.05) is 6.92 Å². The molecule has 130 valence electrons. The molecule has 0 fully saturated rings. The molecule has 0 amide bonds. The van der Waals surface area contributed by atoms with Gasteiger partial charge in [-0.3, -0.25) is 14.3 Å². The third-order valence-corrected chi connectivity index (χ3v) is 3.76. The van der Waals surface area contributed by atoms with E-state index >= 15 is 0 Å². The number of nitrogens with one attached hydrogen (secondary N) is 2. The van der Waals surface area contributed by atoms with Crippen molar-refractivity contribution in [2.75, 3.05) is 5.43 Å². The van der Waals surface area contributed by atoms with E-state index in [2.05, 4.69) is 20.5 Å². The van der Waals surface area contributed by atoms with Crippen LogP contribution in [0.3, 0.4) is 0 Å². The summed E-state index contributed by atoms with van der Waals surface area (Å²) in [5, 5.41) is 13.8. The number of hydrazone groups is 1. The molecule has 0 saturated heterocycles. The number of para-hydroxylation sites is 1. The summed E-state index contributed by atoms with van der Waals surface area (Å²) in [6.45, 7) is 2.50. The molecule has 0 aliphatic carbocycles. The van der Waals surface area contributed by atoms with Gasteiger partial charge in [0.05, 0.1) is 6.21 Å². The van der Waals surface area contributed by atoms with Crippen molar-refractivity contribution < 1.29 is 5.11 Å². The van der Waals surface area contributed by atoms with E-state index in [1.165, 1.54) is 10.8 Å². The molecule has 9 heteroatoms. The summed E-state index contributed by atoms with van der Waals surface area (Å²) < 4.78 is 2.95. The maximum absolute atomic E-state index is 12.2. The average molecular weight is 342 g/mol. The number of aryl methyl sites for hydroxylation is 2. The largest absolute Gasteiger partial charge is 0.507 e. The van der Waals surface area contributed by atoms with Crippen LogP contribution >= 0.6 is 0 Å². The predicted molar refractivity (Wildman–Crippen MR) is 95.2 cm³/mol. The van der Waals surface area contributed by atoms with Crippen LogP contribution in [-0.2, 0) is 13.6 Å². The number of fused-ring (bicyclic) bond motifs is 1. The van der Waals surface area contributed by atoms with Gasteiger partial charge in [0.25, 0.3) is 5.56 Å². The van der Waals surface area contributed by atoms with Gasteiger partial charge in [-0.25, -0.2) is 10.2 Å². The highest BCUT2D eigenvalue weighted by molar-refractivity contribution is 5.83. The summed E-state index contributed by atoms with van der Waals surface area (Å²) in [6.07, 6.45) is 2.22. The van der Waals surface area contributed by atoms with E-state index in [1.54, 1.807) is 35.9 Å². The summed E-state index contributed by atoms with van der Waals surface area (Å²) in [4.78, 5) is 30.5. The summed E-state index contributed by atoms with van der Waals surface area (Å²) >= 11 is 0. The number of aromatic hydroxyl groups is 1. The van der Waals surface area contributed by atoms with Gasteiger partial charge in [-0.15, -0.1) is 0 Å². The van der Waals surface area contributed by atoms with E-state index < -0.39 is 11.2 Å². The van der Waals surface area contributed by atoms with Crippen LogP contribution in [0.15, 0.2) is 39.0 Å². The second-order valence-electron chi connectivity index (χ2n) is 5.51. The highest BCUT2D eigenvalue weighted by Crippen LogP contribution is 2.16. The maximum Gasteiger partial charge on any atom is 0.329 e. The van der Waals surface area contributed by atoms with Gasteiger partial charge < -0.3 is 9.67 Å². The number of hydrogen-bond acceptors (Lipinski definition) is 6. The number of H-pyrrole nitrogens is 1. The van der Waals surface area contributed by atoms with Gasteiger partial charge in [0.15, 0.2) is 11.2 Å². The van der Waals surface area contributed by atoms with Crippen LogP contribution in [0.25, 0.3) is 11.2 Å². The standard InChI is InChI=1S/C16H18N6O3/c1-3-8-22-12-13(21(2)16(25)19-14(12)24)18-15(22)20-17-9-10-6-4-5-7-11(10)23/h4-7,9,23H,3,8H2,1-2H3,(H,18,20)(H,19,24,25)/b17-9+. The highest BCUT2D eigenvalue weighted by atomic mass is 16.3. The minimum atomic E-state index is -0.525. The first kappa shape index (κ1) is 16.5. The first-order valence-electron chi connectivity index (χ1n) is 7.79. The lowest BCUT2D eigenvalue weighted by Gasteiger charge is -2.06. The lowest BCUT2D eigenvalue weighted by molar-refractivity contribution is 0.474. The van der Waals surface area contributed by atoms with Crippen LogP contribution in [0.2, 0.25) is 0 Å². The second kappa shape index (κ2) is 6.63. The molecular weight excluding hydrogens is 324 g/mol. The van der Waals surface area contributed by atoms with Gasteiger partial charge in [0, 0.05) is 19.2 Å². The Bertz CT molecular complexity index is 1060. The fourth-order valence-electron chi connectivity index (χ4n) is 2.52. The Labute approximate surface area is 142 Å². The number of phenols is 1. The predicted octanol–water partition coefficient (Wildman–Crippen LogP) is 0.985. The van der Waals surface area contributed by atoms with E-state index in [4.69, 9.17) is 0 Å². The summed E-state index contributed by atoms with van der Waals surface area (Å²) in [5.74, 6) is 0.448. The number of nitrogens with zero attached hydrogens (tertiary/aromatic N) is 4. The molecule has 3 rings (SSSR count). The molecule has 2 heterocycles. The van der Waals surface area contributed by atoms with Crippen LogP contribution in [0, 0.1) is 0 Å². The van der Waals surface area contributed by atoms with Crippen molar-refractivity contribution in [3.8, 4) is 5.75 Å². The molecular formula is C16H18N6O3. The van der Waals surface area contributed by atoms with E-state index in [-0.39, 0.29) is 11.4 Å². The molecule has 0 aliphatic rings. The van der Waals surface area contributed by atoms with Gasteiger partial charge in [0.1, 0.15) is 5.75 Å². The number of imidazole rings is 1. The minimum Gasteiger partial charge on any atom is -0.507 e. The van der Waals surface area contributed by atoms with Crippen molar-refractivity contribution in [1.29, 1.82) is 0 Å². The zero-order valence-electron chi connectivity index (χ0n) is 13.9. The molecule has 25 heavy (non-hydrogen) atoms. The molecule has 1 aromatic carbocycles. The number of phenolic OH excluding ortho intramolecular Hbond substituents is 1. The summed E-state index contributed by atoms with van der Waals surface area (Å²) in [6, 6.07) is 6.77. The number of hydrogen-bond donors (Lipinski definition) is 3. The fourth-order valence-corrected chi connectivity index (χ4v) is 2.52. The molecule has 0 unspecified atom stereocenters. The molecule has 9 nitrogen and oxygen atoms in total. The first-order chi connectivity index (χ1) is 12.0. The number of aromatic amines is 1. The summed E-state index contributed by atoms with van der Waals surface area (Å²) in [5.41, 5.74) is 2.89. The van der Waals surface area contributed by atoms with Crippen molar-refractivity contribution in [2.24, 2.45) is 12.1 Å². The number of aromatic nitrogens is 4. The van der Waals surface area contributed by atoms with Crippen LogP contribution in [-0.4, -0.2) is 30.4 Å². The van der Waals surface area contributed by atoms with Gasteiger partial charge >= 0.3 is 5.69 Å². The van der Waals surface area contributed by atoms with Crippen molar-refractivity contribution in [3.05, 3.63) is 50.7 Å². The average Bonchev–Trinajstić information content (AvgIpc) is 2.94. The van der Waals surface area contributed by atoms with Crippen molar-refractivity contribution in [1.82, 2.24) is 19.1 Å². The maximum atomic E-state index is 12.2. The molecule has 0 atom stereocenters. The zero-order valence-corrected chi connectivity index (χ0v) is 13.9. The third-order valence-electron chi connectivity index (χ3n) is 3.76. The van der Waals surface area contributed by atoms with Crippen LogP contribution < -0.4 is 16.7 Å². The molecule has 0 aliphatic heterocycles. The van der Waals surface area contributed by atoms with Crippen LogP contribution in [0.1, 0.15) is 18.9 Å². The Kier molecular flexibility index (Phi) is 4.38.